The Morgan fingerprint density at radius 2 is 1.74 bits per heavy atom. The van der Waals surface area contributed by atoms with Crippen molar-refractivity contribution in [1.29, 1.82) is 0 Å². The summed E-state index contributed by atoms with van der Waals surface area (Å²) in [4.78, 5) is 17.0. The Hall–Kier alpha value is -3.12. The third-order valence-electron chi connectivity index (χ3n) is 4.18. The average Bonchev–Trinajstić information content (AvgIpc) is 3.17. The maximum Gasteiger partial charge on any atom is 0.237 e. The van der Waals surface area contributed by atoms with Gasteiger partial charge >= 0.3 is 0 Å². The fourth-order valence-electron chi connectivity index (χ4n) is 2.75. The van der Waals surface area contributed by atoms with Gasteiger partial charge in [0.2, 0.25) is 11.1 Å². The molecule has 3 aromatic carbocycles. The molecule has 4 aromatic rings. The molecule has 0 spiro atoms. The van der Waals surface area contributed by atoms with Crippen LogP contribution >= 0.6 is 11.8 Å². The lowest BCUT2D eigenvalue weighted by Gasteiger charge is -2.10. The summed E-state index contributed by atoms with van der Waals surface area (Å²) in [5.41, 5.74) is 1.75. The molecule has 0 saturated carbocycles. The number of thioether (sulfide) groups is 1. The van der Waals surface area contributed by atoms with Crippen molar-refractivity contribution >= 4 is 34.1 Å². The Morgan fingerprint density at radius 1 is 1.00 bits per heavy atom. The van der Waals surface area contributed by atoms with Crippen LogP contribution in [0.1, 0.15) is 6.92 Å². The molecule has 1 heterocycles. The highest BCUT2D eigenvalue weighted by Gasteiger charge is 2.17. The van der Waals surface area contributed by atoms with E-state index in [4.69, 9.17) is 0 Å². The Morgan fingerprint density at radius 3 is 2.56 bits per heavy atom. The predicted octanol–water partition coefficient (Wildman–Crippen LogP) is 4.74. The molecule has 0 bridgehead atoms. The second kappa shape index (κ2) is 7.63. The van der Waals surface area contributed by atoms with Crippen LogP contribution in [0.4, 0.5) is 5.69 Å². The summed E-state index contributed by atoms with van der Waals surface area (Å²) in [6.07, 6.45) is 0. The van der Waals surface area contributed by atoms with Gasteiger partial charge in [-0.15, -0.1) is 5.10 Å². The zero-order valence-electron chi connectivity index (χ0n) is 14.7. The highest BCUT2D eigenvalue weighted by atomic mass is 32.2. The number of aromatic amines is 1. The second-order valence-corrected chi connectivity index (χ2v) is 7.45. The molecule has 5 nitrogen and oxygen atoms in total. The van der Waals surface area contributed by atoms with E-state index in [1.807, 2.05) is 79.7 Å². The van der Waals surface area contributed by atoms with Crippen LogP contribution in [0.5, 0.6) is 0 Å². The summed E-state index contributed by atoms with van der Waals surface area (Å²) in [5.74, 6) is 0.613. The first kappa shape index (κ1) is 17.3. The molecule has 1 atom stereocenters. The van der Waals surface area contributed by atoms with E-state index in [-0.39, 0.29) is 11.2 Å². The Balaban J connectivity index is 1.42. The van der Waals surface area contributed by atoms with Gasteiger partial charge in [-0.25, -0.2) is 4.98 Å². The van der Waals surface area contributed by atoms with Crippen LogP contribution in [-0.2, 0) is 4.79 Å². The summed E-state index contributed by atoms with van der Waals surface area (Å²) in [5, 5.41) is 12.6. The van der Waals surface area contributed by atoms with Gasteiger partial charge in [0.05, 0.1) is 5.25 Å². The van der Waals surface area contributed by atoms with Gasteiger partial charge in [-0.3, -0.25) is 9.89 Å². The van der Waals surface area contributed by atoms with Crippen molar-refractivity contribution in [2.24, 2.45) is 0 Å². The Bertz CT molecular complexity index is 1080. The first-order chi connectivity index (χ1) is 13.2. The van der Waals surface area contributed by atoms with Crippen LogP contribution in [-0.4, -0.2) is 26.3 Å². The van der Waals surface area contributed by atoms with Crippen LogP contribution < -0.4 is 5.32 Å². The fraction of sp³-hybridized carbons (Fsp3) is 0.0952. The minimum Gasteiger partial charge on any atom is -0.325 e. The van der Waals surface area contributed by atoms with E-state index >= 15 is 0 Å². The Labute approximate surface area is 161 Å². The van der Waals surface area contributed by atoms with Crippen molar-refractivity contribution in [2.75, 3.05) is 5.32 Å². The van der Waals surface area contributed by atoms with E-state index in [2.05, 4.69) is 20.5 Å². The van der Waals surface area contributed by atoms with Crippen LogP contribution in [0.15, 0.2) is 78.0 Å². The molecule has 0 unspecified atom stereocenters. The van der Waals surface area contributed by atoms with Crippen LogP contribution in [0, 0.1) is 0 Å². The molecule has 0 fully saturated rings. The quantitative estimate of drug-likeness (QED) is 0.495. The number of carbonyl (C=O) groups excluding carboxylic acids is 1. The maximum atomic E-state index is 12.5. The van der Waals surface area contributed by atoms with Gasteiger partial charge in [-0.2, -0.15) is 0 Å². The normalized spacial score (nSPS) is 12.0. The molecule has 6 heteroatoms. The number of hydrogen-bond acceptors (Lipinski definition) is 4. The molecular weight excluding hydrogens is 356 g/mol. The molecule has 2 N–H and O–H groups in total. The van der Waals surface area contributed by atoms with Crippen molar-refractivity contribution in [3.05, 3.63) is 72.8 Å². The van der Waals surface area contributed by atoms with Crippen molar-refractivity contribution in [3.63, 3.8) is 0 Å². The van der Waals surface area contributed by atoms with E-state index in [1.165, 1.54) is 11.8 Å². The number of hydrogen-bond donors (Lipinski definition) is 2. The van der Waals surface area contributed by atoms with Gasteiger partial charge in [-0.05, 0) is 29.8 Å². The number of anilines is 1. The predicted molar refractivity (Wildman–Crippen MR) is 110 cm³/mol. The summed E-state index contributed by atoms with van der Waals surface area (Å²) in [7, 11) is 0. The third kappa shape index (κ3) is 4.01. The molecule has 27 heavy (non-hydrogen) atoms. The van der Waals surface area contributed by atoms with Gasteiger partial charge < -0.3 is 5.32 Å². The lowest BCUT2D eigenvalue weighted by molar-refractivity contribution is -0.115. The number of amides is 1. The number of carbonyl (C=O) groups is 1. The van der Waals surface area contributed by atoms with Crippen molar-refractivity contribution in [2.45, 2.75) is 17.3 Å². The molecule has 0 aliphatic heterocycles. The number of nitrogens with one attached hydrogen (secondary N) is 2. The van der Waals surface area contributed by atoms with Gasteiger partial charge in [0, 0.05) is 11.3 Å². The SMILES string of the molecule is C[C@H](Sc1n[nH]c(-c2ccccc2)n1)C(=O)Nc1ccc2ccccc2c1. The van der Waals surface area contributed by atoms with Gasteiger partial charge in [0.15, 0.2) is 5.82 Å². The number of nitrogens with zero attached hydrogens (tertiary/aromatic N) is 2. The summed E-state index contributed by atoms with van der Waals surface area (Å²) >= 11 is 1.32. The highest BCUT2D eigenvalue weighted by Crippen LogP contribution is 2.24. The fourth-order valence-corrected chi connectivity index (χ4v) is 3.47. The Kier molecular flexibility index (Phi) is 4.89. The van der Waals surface area contributed by atoms with Crippen molar-refractivity contribution in [3.8, 4) is 11.4 Å². The molecule has 134 valence electrons. The molecular formula is C21H18N4OS. The number of rotatable bonds is 5. The first-order valence-electron chi connectivity index (χ1n) is 8.63. The van der Waals surface area contributed by atoms with Crippen LogP contribution in [0.2, 0.25) is 0 Å². The lowest BCUT2D eigenvalue weighted by Crippen LogP contribution is -2.22. The van der Waals surface area contributed by atoms with E-state index in [0.29, 0.717) is 11.0 Å². The van der Waals surface area contributed by atoms with E-state index < -0.39 is 0 Å². The molecule has 0 saturated heterocycles. The molecule has 0 radical (unpaired) electrons. The number of benzene rings is 3. The second-order valence-electron chi connectivity index (χ2n) is 6.14. The standard InChI is InChI=1S/C21H18N4OS/c1-14(27-21-23-19(24-25-21)16-8-3-2-4-9-16)20(26)22-18-12-11-15-7-5-6-10-17(15)13-18/h2-14H,1H3,(H,22,26)(H,23,24,25)/t14-/m0/s1. The van der Waals surface area contributed by atoms with E-state index in [0.717, 1.165) is 22.0 Å². The van der Waals surface area contributed by atoms with Crippen LogP contribution in [0.3, 0.4) is 0 Å². The minimum absolute atomic E-state index is 0.0821. The van der Waals surface area contributed by atoms with E-state index in [9.17, 15) is 4.79 Å². The summed E-state index contributed by atoms with van der Waals surface area (Å²) in [6.45, 7) is 1.85. The smallest absolute Gasteiger partial charge is 0.237 e. The van der Waals surface area contributed by atoms with Crippen molar-refractivity contribution < 1.29 is 4.79 Å². The maximum absolute atomic E-state index is 12.5. The summed E-state index contributed by atoms with van der Waals surface area (Å²) < 4.78 is 0. The minimum atomic E-state index is -0.323. The first-order valence-corrected chi connectivity index (χ1v) is 9.51. The zero-order valence-corrected chi connectivity index (χ0v) is 15.5. The largest absolute Gasteiger partial charge is 0.325 e. The number of fused-ring (bicyclic) bond motifs is 1. The van der Waals surface area contributed by atoms with Gasteiger partial charge in [-0.1, -0.05) is 72.4 Å². The topological polar surface area (TPSA) is 70.7 Å². The third-order valence-corrected chi connectivity index (χ3v) is 5.14. The summed E-state index contributed by atoms with van der Waals surface area (Å²) in [6, 6.07) is 23.7. The van der Waals surface area contributed by atoms with E-state index in [1.54, 1.807) is 0 Å². The molecule has 4 rings (SSSR count). The highest BCUT2D eigenvalue weighted by molar-refractivity contribution is 8.00. The monoisotopic (exact) mass is 374 g/mol. The van der Waals surface area contributed by atoms with Gasteiger partial charge in [0.25, 0.3) is 0 Å². The van der Waals surface area contributed by atoms with Crippen LogP contribution in [0.25, 0.3) is 22.2 Å². The average molecular weight is 374 g/mol. The zero-order chi connectivity index (χ0) is 18.6. The number of H-pyrrole nitrogens is 1. The van der Waals surface area contributed by atoms with Crippen molar-refractivity contribution in [1.82, 2.24) is 15.2 Å². The molecule has 0 aliphatic carbocycles. The lowest BCUT2D eigenvalue weighted by atomic mass is 10.1. The number of aromatic nitrogens is 3. The molecule has 1 aromatic heterocycles. The molecule has 0 aliphatic rings. The molecule has 1 amide bonds. The van der Waals surface area contributed by atoms with Gasteiger partial charge in [0.1, 0.15) is 0 Å².